The van der Waals surface area contributed by atoms with E-state index in [1.807, 2.05) is 0 Å². The molecule has 1 fully saturated rings. The summed E-state index contributed by atoms with van der Waals surface area (Å²) in [6.45, 7) is 1.17. The predicted octanol–water partition coefficient (Wildman–Crippen LogP) is 2.21. The van der Waals surface area contributed by atoms with Crippen LogP contribution in [0.15, 0.2) is 46.5 Å². The van der Waals surface area contributed by atoms with Crippen molar-refractivity contribution in [3.05, 3.63) is 36.7 Å². The van der Waals surface area contributed by atoms with E-state index in [4.69, 9.17) is 15.2 Å². The van der Waals surface area contributed by atoms with Crippen molar-refractivity contribution in [1.29, 1.82) is 0 Å². The van der Waals surface area contributed by atoms with Gasteiger partial charge in [-0.3, -0.25) is 0 Å². The molecule has 0 saturated carbocycles. The van der Waals surface area contributed by atoms with Gasteiger partial charge in [0.25, 0.3) is 0 Å². The minimum absolute atomic E-state index is 0.00380. The molecule has 3 heterocycles. The zero-order chi connectivity index (χ0) is 19.0. The van der Waals surface area contributed by atoms with Crippen LogP contribution < -0.4 is 10.5 Å². The summed E-state index contributed by atoms with van der Waals surface area (Å²) in [4.78, 5) is 8.57. The van der Waals surface area contributed by atoms with Crippen molar-refractivity contribution in [2.45, 2.75) is 28.7 Å². The molecule has 2 N–H and O–H groups in total. The lowest BCUT2D eigenvalue weighted by atomic mass is 10.1. The topological polar surface area (TPSA) is 109 Å². The van der Waals surface area contributed by atoms with Gasteiger partial charge < -0.3 is 19.8 Å². The summed E-state index contributed by atoms with van der Waals surface area (Å²) in [5.74, 6) is 0.451. The van der Waals surface area contributed by atoms with E-state index in [1.165, 1.54) is 13.4 Å². The minimum atomic E-state index is -3.86. The highest BCUT2D eigenvalue weighted by atomic mass is 32.2. The molecule has 142 valence electrons. The number of hydrogen-bond donors (Lipinski definition) is 1. The third kappa shape index (κ3) is 2.83. The van der Waals surface area contributed by atoms with Crippen LogP contribution in [0.1, 0.15) is 18.9 Å². The molecule has 4 rings (SSSR count). The average Bonchev–Trinajstić information content (AvgIpc) is 3.01. The van der Waals surface area contributed by atoms with E-state index in [0.29, 0.717) is 24.6 Å². The van der Waals surface area contributed by atoms with Crippen molar-refractivity contribution in [3.8, 4) is 5.88 Å². The van der Waals surface area contributed by atoms with Gasteiger partial charge in [0.2, 0.25) is 15.7 Å². The lowest BCUT2D eigenvalue weighted by molar-refractivity contribution is 0.0710. The molecule has 0 atom stereocenters. The second kappa shape index (κ2) is 6.82. The molecule has 1 aliphatic rings. The van der Waals surface area contributed by atoms with Crippen LogP contribution in [-0.2, 0) is 14.6 Å². The lowest BCUT2D eigenvalue weighted by Gasteiger charge is -2.25. The Balaban J connectivity index is 2.04. The Hall–Kier alpha value is -2.65. The van der Waals surface area contributed by atoms with Gasteiger partial charge >= 0.3 is 0 Å². The van der Waals surface area contributed by atoms with E-state index < -0.39 is 9.84 Å². The van der Waals surface area contributed by atoms with Gasteiger partial charge in [-0.15, -0.1) is 0 Å². The predicted molar refractivity (Wildman–Crippen MR) is 99.5 cm³/mol. The molecule has 0 bridgehead atoms. The molecular weight excluding hydrogens is 368 g/mol. The Morgan fingerprint density at radius 3 is 2.56 bits per heavy atom. The molecule has 1 saturated heterocycles. The first-order valence-corrected chi connectivity index (χ1v) is 10.1. The molecule has 0 amide bonds. The fraction of sp³-hybridized carbons (Fsp3) is 0.333. The average molecular weight is 388 g/mol. The van der Waals surface area contributed by atoms with Crippen LogP contribution in [0.3, 0.4) is 0 Å². The molecule has 1 aromatic carbocycles. The zero-order valence-corrected chi connectivity index (χ0v) is 15.6. The Labute approximate surface area is 156 Å². The van der Waals surface area contributed by atoms with Gasteiger partial charge in [0.1, 0.15) is 28.1 Å². The van der Waals surface area contributed by atoms with Crippen LogP contribution in [0.25, 0.3) is 11.0 Å². The normalized spacial score (nSPS) is 15.9. The molecule has 2 aromatic heterocycles. The van der Waals surface area contributed by atoms with Crippen molar-refractivity contribution < 1.29 is 17.9 Å². The third-order valence-electron chi connectivity index (χ3n) is 4.81. The summed E-state index contributed by atoms with van der Waals surface area (Å²) in [6.07, 6.45) is 2.73. The summed E-state index contributed by atoms with van der Waals surface area (Å²) in [5.41, 5.74) is 7.19. The number of fused-ring (bicyclic) bond motifs is 1. The summed E-state index contributed by atoms with van der Waals surface area (Å²) in [5, 5.41) is 0. The summed E-state index contributed by atoms with van der Waals surface area (Å²) >= 11 is 0. The van der Waals surface area contributed by atoms with Gasteiger partial charge in [-0.1, -0.05) is 18.2 Å². The van der Waals surface area contributed by atoms with E-state index in [1.54, 1.807) is 34.9 Å². The number of methoxy groups -OCH3 is 1. The number of nitrogens with two attached hydrogens (primary N) is 1. The highest BCUT2D eigenvalue weighted by Crippen LogP contribution is 2.41. The Kier molecular flexibility index (Phi) is 4.48. The Bertz CT molecular complexity index is 1070. The van der Waals surface area contributed by atoms with E-state index in [9.17, 15) is 8.42 Å². The van der Waals surface area contributed by atoms with Crippen LogP contribution in [-0.4, -0.2) is 43.3 Å². The molecule has 0 spiro atoms. The Morgan fingerprint density at radius 2 is 1.89 bits per heavy atom. The van der Waals surface area contributed by atoms with Crippen LogP contribution in [0, 0.1) is 0 Å². The SMILES string of the molecule is COc1ncnc2c(S(=O)(=O)c3ccccc3)c(N)n(C3CCOCC3)c12. The Morgan fingerprint density at radius 1 is 1.19 bits per heavy atom. The highest BCUT2D eigenvalue weighted by Gasteiger charge is 2.33. The molecule has 0 aliphatic carbocycles. The molecule has 0 radical (unpaired) electrons. The van der Waals surface area contributed by atoms with Gasteiger partial charge in [0, 0.05) is 19.3 Å². The van der Waals surface area contributed by atoms with Crippen molar-refractivity contribution in [1.82, 2.24) is 14.5 Å². The van der Waals surface area contributed by atoms with Crippen LogP contribution >= 0.6 is 0 Å². The molecule has 8 nitrogen and oxygen atoms in total. The highest BCUT2D eigenvalue weighted by molar-refractivity contribution is 7.92. The number of benzene rings is 1. The standard InChI is InChI=1S/C18H20N4O4S/c1-25-18-15-14(20-11-21-18)16(27(23,24)13-5-3-2-4-6-13)17(19)22(15)12-7-9-26-10-8-12/h2-6,11-12H,7-10,19H2,1H3. The number of nitrogens with zero attached hydrogens (tertiary/aromatic N) is 3. The second-order valence-electron chi connectivity index (χ2n) is 6.32. The van der Waals surface area contributed by atoms with Crippen LogP contribution in [0.5, 0.6) is 5.88 Å². The summed E-state index contributed by atoms with van der Waals surface area (Å²) in [7, 11) is -2.37. The third-order valence-corrected chi connectivity index (χ3v) is 6.64. The monoisotopic (exact) mass is 388 g/mol. The van der Waals surface area contributed by atoms with Crippen molar-refractivity contribution >= 4 is 26.7 Å². The van der Waals surface area contributed by atoms with Crippen molar-refractivity contribution in [2.75, 3.05) is 26.1 Å². The van der Waals surface area contributed by atoms with Gasteiger partial charge in [0.05, 0.1) is 12.0 Å². The molecule has 0 unspecified atom stereocenters. The number of nitrogen functional groups attached to an aromatic ring is 1. The smallest absolute Gasteiger partial charge is 0.241 e. The maximum Gasteiger partial charge on any atom is 0.241 e. The molecular formula is C18H20N4O4S. The van der Waals surface area contributed by atoms with E-state index in [-0.39, 0.29) is 27.2 Å². The minimum Gasteiger partial charge on any atom is -0.479 e. The lowest BCUT2D eigenvalue weighted by Crippen LogP contribution is -2.21. The number of hydrogen-bond acceptors (Lipinski definition) is 7. The number of ether oxygens (including phenoxy) is 2. The van der Waals surface area contributed by atoms with Crippen molar-refractivity contribution in [2.24, 2.45) is 0 Å². The molecule has 1 aliphatic heterocycles. The van der Waals surface area contributed by atoms with Gasteiger partial charge in [-0.2, -0.15) is 4.98 Å². The first-order chi connectivity index (χ1) is 13.1. The molecule has 9 heteroatoms. The summed E-state index contributed by atoms with van der Waals surface area (Å²) in [6, 6.07) is 8.20. The summed E-state index contributed by atoms with van der Waals surface area (Å²) < 4.78 is 39.3. The van der Waals surface area contributed by atoms with Crippen LogP contribution in [0.2, 0.25) is 0 Å². The van der Waals surface area contributed by atoms with E-state index in [2.05, 4.69) is 9.97 Å². The number of aromatic nitrogens is 3. The zero-order valence-electron chi connectivity index (χ0n) is 14.8. The van der Waals surface area contributed by atoms with E-state index >= 15 is 0 Å². The fourth-order valence-corrected chi connectivity index (χ4v) is 5.08. The largest absolute Gasteiger partial charge is 0.479 e. The van der Waals surface area contributed by atoms with Gasteiger partial charge in [-0.05, 0) is 25.0 Å². The van der Waals surface area contributed by atoms with Gasteiger partial charge in [-0.25, -0.2) is 13.4 Å². The first-order valence-electron chi connectivity index (χ1n) is 8.62. The molecule has 3 aromatic rings. The number of anilines is 1. The van der Waals surface area contributed by atoms with Crippen molar-refractivity contribution in [3.63, 3.8) is 0 Å². The van der Waals surface area contributed by atoms with Gasteiger partial charge in [0.15, 0.2) is 0 Å². The van der Waals surface area contributed by atoms with E-state index in [0.717, 1.165) is 12.8 Å². The second-order valence-corrected chi connectivity index (χ2v) is 8.21. The quantitative estimate of drug-likeness (QED) is 0.730. The maximum atomic E-state index is 13.3. The fourth-order valence-electron chi connectivity index (χ4n) is 3.55. The maximum absolute atomic E-state index is 13.3. The molecule has 27 heavy (non-hydrogen) atoms. The first kappa shape index (κ1) is 17.7. The van der Waals surface area contributed by atoms with Crippen LogP contribution in [0.4, 0.5) is 5.82 Å². The number of sulfone groups is 1. The number of rotatable bonds is 4.